The van der Waals surface area contributed by atoms with E-state index in [1.807, 2.05) is 29.7 Å². The summed E-state index contributed by atoms with van der Waals surface area (Å²) >= 11 is 0. The number of pyridine rings is 1. The molecule has 3 aromatic rings. The number of hydrogen-bond donors (Lipinski definition) is 2. The van der Waals surface area contributed by atoms with Crippen molar-refractivity contribution in [1.82, 2.24) is 14.5 Å². The average molecular weight is 266 g/mol. The Morgan fingerprint density at radius 1 is 1.25 bits per heavy atom. The Morgan fingerprint density at radius 3 is 2.85 bits per heavy atom. The molecule has 0 atom stereocenters. The van der Waals surface area contributed by atoms with Crippen molar-refractivity contribution in [2.24, 2.45) is 0 Å². The van der Waals surface area contributed by atoms with E-state index in [9.17, 15) is 5.11 Å². The number of anilines is 1. The highest BCUT2D eigenvalue weighted by Gasteiger charge is 2.11. The summed E-state index contributed by atoms with van der Waals surface area (Å²) in [6.07, 6.45) is 5.13. The van der Waals surface area contributed by atoms with Crippen LogP contribution in [0.3, 0.4) is 0 Å². The second-order valence-corrected chi connectivity index (χ2v) is 4.56. The van der Waals surface area contributed by atoms with Crippen LogP contribution < -0.4 is 5.73 Å². The number of aromatic nitrogens is 3. The van der Waals surface area contributed by atoms with E-state index >= 15 is 0 Å². The molecule has 0 fully saturated rings. The van der Waals surface area contributed by atoms with Gasteiger partial charge in [-0.2, -0.15) is 0 Å². The molecule has 3 N–H and O–H groups in total. The summed E-state index contributed by atoms with van der Waals surface area (Å²) in [7, 11) is 0. The summed E-state index contributed by atoms with van der Waals surface area (Å²) in [5, 5.41) is 9.51. The molecule has 0 amide bonds. The van der Waals surface area contributed by atoms with Gasteiger partial charge in [-0.05, 0) is 42.8 Å². The summed E-state index contributed by atoms with van der Waals surface area (Å²) in [6.45, 7) is 1.94. The fraction of sp³-hybridized carbons (Fsp3) is 0.0667. The van der Waals surface area contributed by atoms with Crippen molar-refractivity contribution in [3.63, 3.8) is 0 Å². The highest BCUT2D eigenvalue weighted by Crippen LogP contribution is 2.28. The molecule has 0 aliphatic heterocycles. The molecule has 2 aromatic heterocycles. The normalized spacial score (nSPS) is 10.7. The van der Waals surface area contributed by atoms with Gasteiger partial charge in [0.2, 0.25) is 0 Å². The second kappa shape index (κ2) is 4.70. The lowest BCUT2D eigenvalue weighted by Gasteiger charge is -2.12. The fourth-order valence-electron chi connectivity index (χ4n) is 2.23. The van der Waals surface area contributed by atoms with Crippen molar-refractivity contribution in [3.05, 3.63) is 54.6 Å². The van der Waals surface area contributed by atoms with Crippen molar-refractivity contribution < 1.29 is 5.11 Å². The van der Waals surface area contributed by atoms with Crippen LogP contribution in [0.1, 0.15) is 5.56 Å². The SMILES string of the molecule is Cc1cc(O)ccc1-n1cncc1-c1cccnc1N. The molecule has 100 valence electrons. The minimum atomic E-state index is 0.244. The van der Waals surface area contributed by atoms with Crippen LogP contribution in [0.15, 0.2) is 49.1 Å². The van der Waals surface area contributed by atoms with E-state index < -0.39 is 0 Å². The van der Waals surface area contributed by atoms with Gasteiger partial charge in [0, 0.05) is 11.8 Å². The number of aromatic hydroxyl groups is 1. The van der Waals surface area contributed by atoms with Crippen LogP contribution in [0.5, 0.6) is 5.75 Å². The number of nitrogens with two attached hydrogens (primary N) is 1. The lowest BCUT2D eigenvalue weighted by atomic mass is 10.1. The average Bonchev–Trinajstić information content (AvgIpc) is 2.88. The number of aryl methyl sites for hydroxylation is 1. The van der Waals surface area contributed by atoms with E-state index in [0.29, 0.717) is 5.82 Å². The number of nitrogens with zero attached hydrogens (tertiary/aromatic N) is 3. The molecule has 1 aromatic carbocycles. The topological polar surface area (TPSA) is 77.0 Å². The zero-order valence-electron chi connectivity index (χ0n) is 11.0. The van der Waals surface area contributed by atoms with Gasteiger partial charge >= 0.3 is 0 Å². The van der Waals surface area contributed by atoms with Gasteiger partial charge in [0.05, 0.1) is 23.9 Å². The molecule has 0 saturated heterocycles. The molecule has 0 bridgehead atoms. The van der Waals surface area contributed by atoms with E-state index in [4.69, 9.17) is 5.73 Å². The van der Waals surface area contributed by atoms with Crippen molar-refractivity contribution in [2.75, 3.05) is 5.73 Å². The van der Waals surface area contributed by atoms with Gasteiger partial charge in [0.15, 0.2) is 0 Å². The molecule has 0 saturated carbocycles. The third-order valence-corrected chi connectivity index (χ3v) is 3.19. The first-order valence-electron chi connectivity index (χ1n) is 6.20. The minimum absolute atomic E-state index is 0.244. The molecule has 0 radical (unpaired) electrons. The van der Waals surface area contributed by atoms with Crippen LogP contribution in [-0.4, -0.2) is 19.6 Å². The van der Waals surface area contributed by atoms with E-state index in [-0.39, 0.29) is 5.75 Å². The highest BCUT2D eigenvalue weighted by molar-refractivity contribution is 5.72. The van der Waals surface area contributed by atoms with E-state index in [1.165, 1.54) is 0 Å². The Bertz CT molecular complexity index is 764. The number of hydrogen-bond acceptors (Lipinski definition) is 4. The molecular weight excluding hydrogens is 252 g/mol. The zero-order valence-corrected chi connectivity index (χ0v) is 11.0. The third-order valence-electron chi connectivity index (χ3n) is 3.19. The third kappa shape index (κ3) is 1.99. The monoisotopic (exact) mass is 266 g/mol. The van der Waals surface area contributed by atoms with Gasteiger partial charge in [0.25, 0.3) is 0 Å². The Balaban J connectivity index is 2.18. The Kier molecular flexibility index (Phi) is 2.87. The predicted octanol–water partition coefficient (Wildman–Crippen LogP) is 2.53. The first-order valence-corrected chi connectivity index (χ1v) is 6.20. The Morgan fingerprint density at radius 2 is 2.10 bits per heavy atom. The molecule has 5 nitrogen and oxygen atoms in total. The van der Waals surface area contributed by atoms with Gasteiger partial charge in [-0.25, -0.2) is 9.97 Å². The van der Waals surface area contributed by atoms with Crippen molar-refractivity contribution in [2.45, 2.75) is 6.92 Å². The van der Waals surface area contributed by atoms with Crippen LogP contribution in [-0.2, 0) is 0 Å². The molecule has 20 heavy (non-hydrogen) atoms. The van der Waals surface area contributed by atoms with Gasteiger partial charge in [-0.3, -0.25) is 4.57 Å². The van der Waals surface area contributed by atoms with Crippen LogP contribution in [0.2, 0.25) is 0 Å². The Labute approximate surface area is 116 Å². The van der Waals surface area contributed by atoms with Crippen molar-refractivity contribution in [1.29, 1.82) is 0 Å². The van der Waals surface area contributed by atoms with E-state index in [0.717, 1.165) is 22.5 Å². The molecule has 5 heteroatoms. The van der Waals surface area contributed by atoms with Crippen LogP contribution in [0.4, 0.5) is 5.82 Å². The van der Waals surface area contributed by atoms with Crippen LogP contribution >= 0.6 is 0 Å². The summed E-state index contributed by atoms with van der Waals surface area (Å²) in [6, 6.07) is 8.96. The Hall–Kier alpha value is -2.82. The fourth-order valence-corrected chi connectivity index (χ4v) is 2.23. The lowest BCUT2D eigenvalue weighted by molar-refractivity contribution is 0.475. The summed E-state index contributed by atoms with van der Waals surface area (Å²) in [5.74, 6) is 0.708. The molecule has 0 spiro atoms. The van der Waals surface area contributed by atoms with Crippen LogP contribution in [0, 0.1) is 6.92 Å². The number of phenols is 1. The smallest absolute Gasteiger partial charge is 0.132 e. The molecular formula is C15H14N4O. The van der Waals surface area contributed by atoms with Crippen LogP contribution in [0.25, 0.3) is 16.9 Å². The summed E-state index contributed by atoms with van der Waals surface area (Å²) < 4.78 is 1.93. The van der Waals surface area contributed by atoms with Gasteiger partial charge in [-0.15, -0.1) is 0 Å². The molecule has 2 heterocycles. The van der Waals surface area contributed by atoms with E-state index in [2.05, 4.69) is 9.97 Å². The lowest BCUT2D eigenvalue weighted by Crippen LogP contribution is -2.00. The van der Waals surface area contributed by atoms with Crippen molar-refractivity contribution in [3.8, 4) is 22.7 Å². The maximum Gasteiger partial charge on any atom is 0.132 e. The highest BCUT2D eigenvalue weighted by atomic mass is 16.3. The predicted molar refractivity (Wildman–Crippen MR) is 77.6 cm³/mol. The maximum absolute atomic E-state index is 9.51. The molecule has 0 unspecified atom stereocenters. The summed E-state index contributed by atoms with van der Waals surface area (Å²) in [5.41, 5.74) is 9.52. The number of phenolic OH excluding ortho intramolecular Hbond substituents is 1. The van der Waals surface area contributed by atoms with E-state index in [1.54, 1.807) is 30.9 Å². The van der Waals surface area contributed by atoms with Crippen molar-refractivity contribution >= 4 is 5.82 Å². The number of rotatable bonds is 2. The summed E-state index contributed by atoms with van der Waals surface area (Å²) in [4.78, 5) is 8.30. The number of imidazole rings is 1. The largest absolute Gasteiger partial charge is 0.508 e. The van der Waals surface area contributed by atoms with Gasteiger partial charge < -0.3 is 10.8 Å². The first kappa shape index (κ1) is 12.2. The molecule has 0 aliphatic rings. The zero-order chi connectivity index (χ0) is 14.1. The molecule has 0 aliphatic carbocycles. The quantitative estimate of drug-likeness (QED) is 0.747. The maximum atomic E-state index is 9.51. The van der Waals surface area contributed by atoms with Gasteiger partial charge in [-0.1, -0.05) is 0 Å². The number of benzene rings is 1. The molecule has 3 rings (SSSR count). The minimum Gasteiger partial charge on any atom is -0.508 e. The van der Waals surface area contributed by atoms with Gasteiger partial charge in [0.1, 0.15) is 11.6 Å². The second-order valence-electron chi connectivity index (χ2n) is 4.56. The number of nitrogen functional groups attached to an aromatic ring is 1. The first-order chi connectivity index (χ1) is 9.66. The standard InChI is InChI=1S/C15H14N4O/c1-10-7-11(20)4-5-13(10)19-9-17-8-14(19)12-3-2-6-18-15(12)16/h2-9,20H,1H3,(H2,16,18).